The number of hydrogen-bond donors (Lipinski definition) is 1. The second-order valence-corrected chi connectivity index (χ2v) is 11.5. The molecule has 1 heterocycles. The number of ether oxygens (including phenoxy) is 1. The van der Waals surface area contributed by atoms with E-state index in [4.69, 9.17) is 4.74 Å². The van der Waals surface area contributed by atoms with Gasteiger partial charge in [-0.25, -0.2) is 8.42 Å². The van der Waals surface area contributed by atoms with Gasteiger partial charge in [0.2, 0.25) is 5.91 Å². The second-order valence-electron chi connectivity index (χ2n) is 9.66. The smallest absolute Gasteiger partial charge is 0.264 e. The van der Waals surface area contributed by atoms with E-state index in [1.807, 2.05) is 50.2 Å². The molecule has 3 aromatic carbocycles. The Morgan fingerprint density at radius 1 is 0.973 bits per heavy atom. The summed E-state index contributed by atoms with van der Waals surface area (Å²) in [5.41, 5.74) is 2.87. The van der Waals surface area contributed by atoms with Crippen LogP contribution >= 0.6 is 0 Å². The highest BCUT2D eigenvalue weighted by Crippen LogP contribution is 2.42. The standard InChI is InChI=1S/C30H36N2O4S/c1-5-23-12-8-10-14-27(23)32(37(34,35)24-18-16-22(4)17-19-24)21-29(33)31-26-20-30(6-2,7-3)36-28-15-11-9-13-25(26)28/h8-19,26H,5-7,20-21H2,1-4H3,(H,31,33). The molecule has 3 aromatic rings. The molecule has 196 valence electrons. The minimum absolute atomic E-state index is 0.157. The first kappa shape index (κ1) is 26.7. The van der Waals surface area contributed by atoms with Crippen LogP contribution in [0.5, 0.6) is 5.75 Å². The van der Waals surface area contributed by atoms with Crippen molar-refractivity contribution in [1.29, 1.82) is 0 Å². The van der Waals surface area contributed by atoms with Crippen molar-refractivity contribution in [3.63, 3.8) is 0 Å². The normalized spacial score (nSPS) is 16.4. The zero-order chi connectivity index (χ0) is 26.6. The number of sulfonamides is 1. The molecule has 0 saturated carbocycles. The van der Waals surface area contributed by atoms with E-state index in [0.717, 1.165) is 35.3 Å². The van der Waals surface area contributed by atoms with E-state index in [0.29, 0.717) is 18.5 Å². The van der Waals surface area contributed by atoms with Crippen molar-refractivity contribution in [3.05, 3.63) is 89.5 Å². The Morgan fingerprint density at radius 3 is 2.30 bits per heavy atom. The maximum absolute atomic E-state index is 13.9. The van der Waals surface area contributed by atoms with Gasteiger partial charge in [-0.15, -0.1) is 0 Å². The first-order valence-corrected chi connectivity index (χ1v) is 14.4. The third-order valence-corrected chi connectivity index (χ3v) is 9.13. The Bertz CT molecular complexity index is 1350. The van der Waals surface area contributed by atoms with Gasteiger partial charge < -0.3 is 10.1 Å². The van der Waals surface area contributed by atoms with E-state index in [9.17, 15) is 13.2 Å². The van der Waals surface area contributed by atoms with Crippen molar-refractivity contribution in [2.75, 3.05) is 10.8 Å². The number of anilines is 1. The lowest BCUT2D eigenvalue weighted by Crippen LogP contribution is -2.47. The lowest BCUT2D eigenvalue weighted by molar-refractivity contribution is -0.121. The van der Waals surface area contributed by atoms with Gasteiger partial charge in [0.15, 0.2) is 0 Å². The third kappa shape index (κ3) is 5.52. The molecule has 1 amide bonds. The highest BCUT2D eigenvalue weighted by atomic mass is 32.2. The third-order valence-electron chi connectivity index (χ3n) is 7.36. The maximum atomic E-state index is 13.9. The summed E-state index contributed by atoms with van der Waals surface area (Å²) in [6, 6.07) is 21.5. The molecule has 0 spiro atoms. The highest BCUT2D eigenvalue weighted by Gasteiger charge is 2.39. The molecular formula is C30H36N2O4S. The predicted molar refractivity (Wildman–Crippen MR) is 147 cm³/mol. The molecule has 1 atom stereocenters. The molecule has 0 radical (unpaired) electrons. The van der Waals surface area contributed by atoms with Crippen LogP contribution < -0.4 is 14.4 Å². The van der Waals surface area contributed by atoms with E-state index in [-0.39, 0.29) is 29.0 Å². The van der Waals surface area contributed by atoms with Crippen molar-refractivity contribution in [1.82, 2.24) is 5.32 Å². The molecule has 0 bridgehead atoms. The van der Waals surface area contributed by atoms with Crippen LogP contribution in [0.25, 0.3) is 0 Å². The zero-order valence-electron chi connectivity index (χ0n) is 22.0. The van der Waals surface area contributed by atoms with E-state index in [2.05, 4.69) is 19.2 Å². The number of benzene rings is 3. The lowest BCUT2D eigenvalue weighted by atomic mass is 9.83. The first-order valence-electron chi connectivity index (χ1n) is 13.0. The van der Waals surface area contributed by atoms with Gasteiger partial charge in [-0.05, 0) is 56.0 Å². The zero-order valence-corrected chi connectivity index (χ0v) is 22.8. The Hall–Kier alpha value is -3.32. The maximum Gasteiger partial charge on any atom is 0.264 e. The molecule has 1 aliphatic heterocycles. The highest BCUT2D eigenvalue weighted by molar-refractivity contribution is 7.92. The minimum atomic E-state index is -3.98. The van der Waals surface area contributed by atoms with Crippen molar-refractivity contribution < 1.29 is 17.9 Å². The molecular weight excluding hydrogens is 484 g/mol. The van der Waals surface area contributed by atoms with Crippen LogP contribution in [-0.4, -0.2) is 26.5 Å². The lowest BCUT2D eigenvalue weighted by Gasteiger charge is -2.41. The number of aryl methyl sites for hydroxylation is 2. The fraction of sp³-hybridized carbons (Fsp3) is 0.367. The summed E-state index contributed by atoms with van der Waals surface area (Å²) in [6.45, 7) is 7.75. The largest absolute Gasteiger partial charge is 0.487 e. The van der Waals surface area contributed by atoms with Crippen LogP contribution in [0.3, 0.4) is 0 Å². The summed E-state index contributed by atoms with van der Waals surface area (Å²) in [7, 11) is -3.98. The summed E-state index contributed by atoms with van der Waals surface area (Å²) in [4.78, 5) is 13.7. The van der Waals surface area contributed by atoms with Crippen LogP contribution in [0.4, 0.5) is 5.69 Å². The van der Waals surface area contributed by atoms with Crippen LogP contribution in [0, 0.1) is 6.92 Å². The van der Waals surface area contributed by atoms with Crippen molar-refractivity contribution in [3.8, 4) is 5.75 Å². The van der Waals surface area contributed by atoms with Gasteiger partial charge in [0.05, 0.1) is 16.6 Å². The van der Waals surface area contributed by atoms with E-state index < -0.39 is 10.0 Å². The Balaban J connectivity index is 1.68. The molecule has 1 aliphatic rings. The van der Waals surface area contributed by atoms with Crippen molar-refractivity contribution in [2.45, 2.75) is 69.9 Å². The molecule has 0 fully saturated rings. The molecule has 37 heavy (non-hydrogen) atoms. The van der Waals surface area contributed by atoms with Gasteiger partial charge in [0, 0.05) is 12.0 Å². The first-order chi connectivity index (χ1) is 17.7. The second kappa shape index (κ2) is 11.0. The molecule has 0 aromatic heterocycles. The molecule has 7 heteroatoms. The molecule has 1 unspecified atom stereocenters. The van der Waals surface area contributed by atoms with Crippen molar-refractivity contribution in [2.24, 2.45) is 0 Å². The Labute approximate surface area is 220 Å². The van der Waals surface area contributed by atoms with Gasteiger partial charge >= 0.3 is 0 Å². The predicted octanol–water partition coefficient (Wildman–Crippen LogP) is 5.95. The number of para-hydroxylation sites is 2. The number of amides is 1. The molecule has 6 nitrogen and oxygen atoms in total. The van der Waals surface area contributed by atoms with Gasteiger partial charge in [-0.1, -0.05) is 74.9 Å². The summed E-state index contributed by atoms with van der Waals surface area (Å²) in [5, 5.41) is 3.14. The van der Waals surface area contributed by atoms with Gasteiger partial charge in [-0.2, -0.15) is 0 Å². The number of nitrogens with one attached hydrogen (secondary N) is 1. The minimum Gasteiger partial charge on any atom is -0.487 e. The van der Waals surface area contributed by atoms with Gasteiger partial charge in [-0.3, -0.25) is 9.10 Å². The van der Waals surface area contributed by atoms with E-state index in [1.165, 1.54) is 4.31 Å². The number of nitrogens with zero attached hydrogens (tertiary/aromatic N) is 1. The summed E-state index contributed by atoms with van der Waals surface area (Å²) >= 11 is 0. The molecule has 0 saturated heterocycles. The fourth-order valence-electron chi connectivity index (χ4n) is 4.99. The summed E-state index contributed by atoms with van der Waals surface area (Å²) in [5.74, 6) is 0.410. The van der Waals surface area contributed by atoms with Gasteiger partial charge in [0.1, 0.15) is 17.9 Å². The molecule has 1 N–H and O–H groups in total. The SMILES string of the molecule is CCc1ccccc1N(CC(=O)NC1CC(CC)(CC)Oc2ccccc21)S(=O)(=O)c1ccc(C)cc1. The van der Waals surface area contributed by atoms with Crippen LogP contribution in [0.1, 0.15) is 62.8 Å². The Morgan fingerprint density at radius 2 is 1.62 bits per heavy atom. The molecule has 4 rings (SSSR count). The number of fused-ring (bicyclic) bond motifs is 1. The Kier molecular flexibility index (Phi) is 7.93. The number of rotatable bonds is 9. The number of hydrogen-bond acceptors (Lipinski definition) is 4. The van der Waals surface area contributed by atoms with Crippen LogP contribution in [0.15, 0.2) is 77.7 Å². The summed E-state index contributed by atoms with van der Waals surface area (Å²) < 4.78 is 35.3. The molecule has 0 aliphatic carbocycles. The quantitative estimate of drug-likeness (QED) is 0.378. The topological polar surface area (TPSA) is 75.7 Å². The number of carbonyl (C=O) groups excluding carboxylic acids is 1. The van der Waals surface area contributed by atoms with Gasteiger partial charge in [0.25, 0.3) is 10.0 Å². The average Bonchev–Trinajstić information content (AvgIpc) is 2.91. The average molecular weight is 521 g/mol. The van der Waals surface area contributed by atoms with Crippen molar-refractivity contribution >= 4 is 21.6 Å². The van der Waals surface area contributed by atoms with E-state index in [1.54, 1.807) is 36.4 Å². The monoisotopic (exact) mass is 520 g/mol. The number of carbonyl (C=O) groups is 1. The van der Waals surface area contributed by atoms with E-state index >= 15 is 0 Å². The van der Waals surface area contributed by atoms with Crippen LogP contribution in [0.2, 0.25) is 0 Å². The fourth-order valence-corrected chi connectivity index (χ4v) is 6.45. The van der Waals surface area contributed by atoms with Crippen LogP contribution in [-0.2, 0) is 21.2 Å². The summed E-state index contributed by atoms with van der Waals surface area (Å²) in [6.07, 6.45) is 2.88.